The molecule has 0 aliphatic carbocycles. The van der Waals surface area contributed by atoms with Gasteiger partial charge in [-0.1, -0.05) is 194 Å². The van der Waals surface area contributed by atoms with E-state index in [1.807, 2.05) is 0 Å². The fraction of sp³-hybridized carbons (Fsp3) is 0.0328. The van der Waals surface area contributed by atoms with Crippen molar-refractivity contribution in [2.45, 2.75) is 12.3 Å². The van der Waals surface area contributed by atoms with Crippen LogP contribution in [0.5, 0.6) is 0 Å². The maximum absolute atomic E-state index is 5.29. The van der Waals surface area contributed by atoms with E-state index in [0.29, 0.717) is 0 Å². The molecule has 12 aromatic rings. The van der Waals surface area contributed by atoms with Crippen molar-refractivity contribution in [3.63, 3.8) is 0 Å². The normalized spacial score (nSPS) is 15.1. The molecule has 2 atom stereocenters. The number of nitrogens with one attached hydrogen (secondary N) is 2. The molecule has 2 N–H and O–H groups in total. The highest BCUT2D eigenvalue weighted by Gasteiger charge is 2.30. The largest absolute Gasteiger partial charge is 0.350 e. The zero-order valence-electron chi connectivity index (χ0n) is 36.0. The zero-order chi connectivity index (χ0) is 43.6. The SMILES string of the molecule is c1ccc(C2=NC(c3ccccc3)NC(c3ccc(-c4ccccc4)cc3-n3c4cccc(-c5cccc6c5c5ccccc5n6-c5ccccc5)c4c4c5ccccc5ccc43)N2)cc1. The molecule has 13 rings (SSSR count). The summed E-state index contributed by atoms with van der Waals surface area (Å²) < 4.78 is 4.93. The zero-order valence-corrected chi connectivity index (χ0v) is 36.0. The Bertz CT molecular complexity index is 3810. The average molecular weight is 846 g/mol. The van der Waals surface area contributed by atoms with Crippen LogP contribution in [-0.4, -0.2) is 15.0 Å². The quantitative estimate of drug-likeness (QED) is 0.168. The highest BCUT2D eigenvalue weighted by atomic mass is 15.3. The third-order valence-corrected chi connectivity index (χ3v) is 13.4. The van der Waals surface area contributed by atoms with Gasteiger partial charge in [0.1, 0.15) is 18.2 Å². The van der Waals surface area contributed by atoms with E-state index in [0.717, 1.165) is 56.1 Å². The van der Waals surface area contributed by atoms with Gasteiger partial charge in [-0.3, -0.25) is 5.32 Å². The third kappa shape index (κ3) is 6.16. The molecule has 0 bridgehead atoms. The standard InChI is InChI=1S/C61H43N5/c1-5-19-40(20-6-1)44-35-37-50(61-63-59(42-22-7-2-8-23-42)62-60(64-61)43-24-9-3-10-25-43)55(39-44)66-53-34-18-31-48(58(53)57-46-28-14-13-21-41(46)36-38-54(57)66)47-30-17-33-52-56(47)49-29-15-16-32-51(49)65(52)45-26-11-4-12-27-45/h1-39,59,61,63H,(H,62,64). The Morgan fingerprint density at radius 3 is 1.74 bits per heavy atom. The van der Waals surface area contributed by atoms with Crippen LogP contribution in [0.3, 0.4) is 0 Å². The van der Waals surface area contributed by atoms with E-state index in [1.54, 1.807) is 0 Å². The molecule has 2 unspecified atom stereocenters. The van der Waals surface area contributed by atoms with E-state index in [9.17, 15) is 0 Å². The van der Waals surface area contributed by atoms with E-state index < -0.39 is 0 Å². The number of fused-ring (bicyclic) bond motifs is 8. The monoisotopic (exact) mass is 845 g/mol. The highest BCUT2D eigenvalue weighted by Crippen LogP contribution is 2.46. The summed E-state index contributed by atoms with van der Waals surface area (Å²) in [6, 6.07) is 85.4. The predicted molar refractivity (Wildman–Crippen MR) is 275 cm³/mol. The van der Waals surface area contributed by atoms with Crippen molar-refractivity contribution in [2.75, 3.05) is 0 Å². The first-order chi connectivity index (χ1) is 32.8. The number of nitrogens with zero attached hydrogens (tertiary/aromatic N) is 3. The van der Waals surface area contributed by atoms with Gasteiger partial charge < -0.3 is 14.5 Å². The molecule has 10 aromatic carbocycles. The summed E-state index contributed by atoms with van der Waals surface area (Å²) in [6.45, 7) is 0. The minimum Gasteiger partial charge on any atom is -0.350 e. The first-order valence-electron chi connectivity index (χ1n) is 22.7. The molecular weight excluding hydrogens is 803 g/mol. The molecular formula is C61H43N5. The van der Waals surface area contributed by atoms with Crippen LogP contribution in [0.4, 0.5) is 0 Å². The molecule has 0 spiro atoms. The molecule has 0 amide bonds. The second-order valence-corrected chi connectivity index (χ2v) is 17.1. The molecule has 3 heterocycles. The maximum atomic E-state index is 5.29. The summed E-state index contributed by atoms with van der Waals surface area (Å²) in [5.74, 6) is 0.851. The van der Waals surface area contributed by atoms with Crippen molar-refractivity contribution in [3.8, 4) is 33.6 Å². The lowest BCUT2D eigenvalue weighted by atomic mass is 9.94. The van der Waals surface area contributed by atoms with Crippen LogP contribution in [0.15, 0.2) is 242 Å². The van der Waals surface area contributed by atoms with Crippen LogP contribution < -0.4 is 10.6 Å². The second-order valence-electron chi connectivity index (χ2n) is 17.1. The lowest BCUT2D eigenvalue weighted by Gasteiger charge is -2.33. The Morgan fingerprint density at radius 2 is 0.985 bits per heavy atom. The van der Waals surface area contributed by atoms with Crippen molar-refractivity contribution in [1.29, 1.82) is 0 Å². The summed E-state index contributed by atoms with van der Waals surface area (Å²) >= 11 is 0. The van der Waals surface area contributed by atoms with Crippen LogP contribution in [0, 0.1) is 0 Å². The van der Waals surface area contributed by atoms with E-state index in [2.05, 4.69) is 256 Å². The van der Waals surface area contributed by atoms with Crippen molar-refractivity contribution in [2.24, 2.45) is 4.99 Å². The third-order valence-electron chi connectivity index (χ3n) is 13.4. The summed E-state index contributed by atoms with van der Waals surface area (Å²) in [4.78, 5) is 5.29. The van der Waals surface area contributed by atoms with Crippen molar-refractivity contribution >= 4 is 60.2 Å². The Kier molecular flexibility index (Phi) is 9.00. The number of hydrogen-bond donors (Lipinski definition) is 2. The number of para-hydroxylation sites is 2. The Hall–Kier alpha value is -8.51. The summed E-state index contributed by atoms with van der Waals surface area (Å²) in [5, 5.41) is 15.2. The van der Waals surface area contributed by atoms with Gasteiger partial charge in [0, 0.05) is 38.4 Å². The van der Waals surface area contributed by atoms with Gasteiger partial charge >= 0.3 is 0 Å². The fourth-order valence-corrected chi connectivity index (χ4v) is 10.5. The molecule has 0 fully saturated rings. The second kappa shape index (κ2) is 15.6. The molecule has 312 valence electrons. The highest BCUT2D eigenvalue weighted by molar-refractivity contribution is 6.27. The van der Waals surface area contributed by atoms with Gasteiger partial charge in [0.2, 0.25) is 0 Å². The molecule has 5 nitrogen and oxygen atoms in total. The van der Waals surface area contributed by atoms with E-state index >= 15 is 0 Å². The fourth-order valence-electron chi connectivity index (χ4n) is 10.5. The van der Waals surface area contributed by atoms with Gasteiger partial charge in [0.05, 0.1) is 27.8 Å². The van der Waals surface area contributed by atoms with Gasteiger partial charge in [-0.2, -0.15) is 0 Å². The number of benzene rings is 10. The van der Waals surface area contributed by atoms with E-state index in [4.69, 9.17) is 4.99 Å². The van der Waals surface area contributed by atoms with Gasteiger partial charge in [-0.05, 0) is 81.1 Å². The minimum absolute atomic E-state index is 0.276. The molecule has 5 heteroatoms. The van der Waals surface area contributed by atoms with Crippen LogP contribution >= 0.6 is 0 Å². The number of hydrogen-bond acceptors (Lipinski definition) is 3. The maximum Gasteiger partial charge on any atom is 0.131 e. The smallest absolute Gasteiger partial charge is 0.131 e. The van der Waals surface area contributed by atoms with Gasteiger partial charge in [-0.15, -0.1) is 0 Å². The first-order valence-corrected chi connectivity index (χ1v) is 22.7. The van der Waals surface area contributed by atoms with Crippen molar-refractivity contribution in [1.82, 2.24) is 19.8 Å². The topological polar surface area (TPSA) is 46.3 Å². The van der Waals surface area contributed by atoms with Crippen LogP contribution in [-0.2, 0) is 0 Å². The Labute approximate surface area is 382 Å². The first kappa shape index (κ1) is 38.0. The van der Waals surface area contributed by atoms with Gasteiger partial charge in [0.15, 0.2) is 0 Å². The van der Waals surface area contributed by atoms with E-state index in [1.165, 1.54) is 54.5 Å². The number of aromatic nitrogens is 2. The lowest BCUT2D eigenvalue weighted by Crippen LogP contribution is -2.45. The molecule has 1 aliphatic rings. The van der Waals surface area contributed by atoms with Gasteiger partial charge in [0.25, 0.3) is 0 Å². The van der Waals surface area contributed by atoms with Crippen molar-refractivity contribution < 1.29 is 0 Å². The molecule has 66 heavy (non-hydrogen) atoms. The Balaban J connectivity index is 1.11. The minimum atomic E-state index is -0.295. The van der Waals surface area contributed by atoms with Gasteiger partial charge in [-0.25, -0.2) is 4.99 Å². The molecule has 0 saturated carbocycles. The van der Waals surface area contributed by atoms with Crippen LogP contribution in [0.25, 0.3) is 88.0 Å². The summed E-state index contributed by atoms with van der Waals surface area (Å²) in [7, 11) is 0. The molecule has 1 aliphatic heterocycles. The molecule has 0 saturated heterocycles. The summed E-state index contributed by atoms with van der Waals surface area (Å²) in [5.41, 5.74) is 14.9. The molecule has 2 aromatic heterocycles. The van der Waals surface area contributed by atoms with E-state index in [-0.39, 0.29) is 12.3 Å². The lowest BCUT2D eigenvalue weighted by molar-refractivity contribution is 0.408. The molecule has 0 radical (unpaired) electrons. The number of amidine groups is 1. The predicted octanol–water partition coefficient (Wildman–Crippen LogP) is 14.7. The Morgan fingerprint density at radius 1 is 0.394 bits per heavy atom. The van der Waals surface area contributed by atoms with Crippen molar-refractivity contribution in [3.05, 3.63) is 253 Å². The van der Waals surface area contributed by atoms with Crippen LogP contribution in [0.1, 0.15) is 29.0 Å². The average Bonchev–Trinajstić information content (AvgIpc) is 3.93. The summed E-state index contributed by atoms with van der Waals surface area (Å²) in [6.07, 6.45) is -0.571. The number of aliphatic imine (C=N–C) groups is 1. The van der Waals surface area contributed by atoms with Crippen LogP contribution in [0.2, 0.25) is 0 Å². The number of rotatable bonds is 7.